The van der Waals surface area contributed by atoms with Crippen LogP contribution in [0, 0.1) is 11.3 Å². The lowest BCUT2D eigenvalue weighted by Gasteiger charge is -2.23. The van der Waals surface area contributed by atoms with Gasteiger partial charge in [0.05, 0.1) is 10.9 Å². The van der Waals surface area contributed by atoms with Gasteiger partial charge in [-0.1, -0.05) is 13.3 Å². The highest BCUT2D eigenvalue weighted by atomic mass is 32.1. The molecule has 1 aromatic heterocycles. The standard InChI is InChI=1S/C12H17NO2S/c1-2-9-3-4-12(5-9,11(14)15)6-10-7-13-8-16-10/h7-9H,2-6H2,1H3,(H,14,15). The number of carbonyl (C=O) groups is 1. The number of carboxylic acid groups (broad SMARTS) is 1. The van der Waals surface area contributed by atoms with E-state index < -0.39 is 11.4 Å². The van der Waals surface area contributed by atoms with Crippen LogP contribution in [0.1, 0.15) is 37.5 Å². The second-order valence-corrected chi connectivity index (χ2v) is 5.72. The van der Waals surface area contributed by atoms with Crippen LogP contribution in [0.2, 0.25) is 0 Å². The van der Waals surface area contributed by atoms with E-state index in [1.807, 2.05) is 0 Å². The minimum atomic E-state index is -0.628. The largest absolute Gasteiger partial charge is 0.481 e. The van der Waals surface area contributed by atoms with E-state index in [4.69, 9.17) is 0 Å². The van der Waals surface area contributed by atoms with E-state index in [2.05, 4.69) is 11.9 Å². The highest BCUT2D eigenvalue weighted by Gasteiger charge is 2.45. The zero-order valence-corrected chi connectivity index (χ0v) is 10.3. The van der Waals surface area contributed by atoms with Gasteiger partial charge in [0.1, 0.15) is 0 Å². The minimum absolute atomic E-state index is 0.521. The van der Waals surface area contributed by atoms with Crippen LogP contribution < -0.4 is 0 Å². The summed E-state index contributed by atoms with van der Waals surface area (Å²) in [4.78, 5) is 16.6. The molecule has 2 unspecified atom stereocenters. The van der Waals surface area contributed by atoms with E-state index in [0.29, 0.717) is 12.3 Å². The fraction of sp³-hybridized carbons (Fsp3) is 0.667. The maximum absolute atomic E-state index is 11.5. The molecule has 0 radical (unpaired) electrons. The lowest BCUT2D eigenvalue weighted by Crippen LogP contribution is -2.30. The van der Waals surface area contributed by atoms with Crippen molar-refractivity contribution >= 4 is 17.3 Å². The van der Waals surface area contributed by atoms with E-state index in [1.165, 1.54) is 0 Å². The van der Waals surface area contributed by atoms with Crippen LogP contribution in [-0.2, 0) is 11.2 Å². The first-order valence-electron chi connectivity index (χ1n) is 5.77. The molecular formula is C12H17NO2S. The van der Waals surface area contributed by atoms with Gasteiger partial charge in [-0.05, 0) is 31.6 Å². The Morgan fingerprint density at radius 2 is 2.56 bits per heavy atom. The Bertz CT molecular complexity index is 363. The number of hydrogen-bond acceptors (Lipinski definition) is 3. The highest BCUT2D eigenvalue weighted by molar-refractivity contribution is 7.09. The summed E-state index contributed by atoms with van der Waals surface area (Å²) in [5.74, 6) is -0.0409. The summed E-state index contributed by atoms with van der Waals surface area (Å²) in [6.45, 7) is 2.15. The molecule has 2 atom stereocenters. The van der Waals surface area contributed by atoms with Gasteiger partial charge in [0.2, 0.25) is 0 Å². The van der Waals surface area contributed by atoms with Gasteiger partial charge in [0, 0.05) is 11.1 Å². The molecule has 1 aromatic rings. The van der Waals surface area contributed by atoms with Crippen molar-refractivity contribution in [2.24, 2.45) is 11.3 Å². The van der Waals surface area contributed by atoms with Gasteiger partial charge >= 0.3 is 5.97 Å². The molecule has 2 rings (SSSR count). The average Bonchev–Trinajstić information content (AvgIpc) is 2.88. The first kappa shape index (κ1) is 11.6. The van der Waals surface area contributed by atoms with Crippen molar-refractivity contribution in [3.8, 4) is 0 Å². The number of aliphatic carboxylic acids is 1. The molecule has 0 saturated heterocycles. The van der Waals surface area contributed by atoms with Crippen molar-refractivity contribution in [3.05, 3.63) is 16.6 Å². The highest BCUT2D eigenvalue weighted by Crippen LogP contribution is 2.46. The van der Waals surface area contributed by atoms with Gasteiger partial charge in [0.15, 0.2) is 0 Å². The second-order valence-electron chi connectivity index (χ2n) is 4.75. The number of hydrogen-bond donors (Lipinski definition) is 1. The molecule has 88 valence electrons. The van der Waals surface area contributed by atoms with E-state index in [9.17, 15) is 9.90 Å². The average molecular weight is 239 g/mol. The van der Waals surface area contributed by atoms with Gasteiger partial charge < -0.3 is 5.11 Å². The van der Waals surface area contributed by atoms with Crippen LogP contribution in [0.3, 0.4) is 0 Å². The van der Waals surface area contributed by atoms with Crippen molar-refractivity contribution < 1.29 is 9.90 Å². The normalized spacial score (nSPS) is 29.4. The van der Waals surface area contributed by atoms with Crippen LogP contribution in [0.15, 0.2) is 11.7 Å². The molecule has 0 amide bonds. The monoisotopic (exact) mass is 239 g/mol. The summed E-state index contributed by atoms with van der Waals surface area (Å²) >= 11 is 1.56. The fourth-order valence-electron chi connectivity index (χ4n) is 2.68. The predicted molar refractivity (Wildman–Crippen MR) is 63.5 cm³/mol. The molecule has 0 bridgehead atoms. The molecule has 1 aliphatic carbocycles. The summed E-state index contributed by atoms with van der Waals surface area (Å²) in [5, 5.41) is 9.46. The van der Waals surface area contributed by atoms with Gasteiger partial charge in [-0.2, -0.15) is 0 Å². The first-order valence-corrected chi connectivity index (χ1v) is 6.65. The van der Waals surface area contributed by atoms with E-state index in [0.717, 1.165) is 30.6 Å². The van der Waals surface area contributed by atoms with Crippen LogP contribution in [0.4, 0.5) is 0 Å². The summed E-state index contributed by atoms with van der Waals surface area (Å²) in [6, 6.07) is 0. The number of aromatic nitrogens is 1. The Hall–Kier alpha value is -0.900. The zero-order chi connectivity index (χ0) is 11.6. The molecule has 4 heteroatoms. The molecule has 1 N–H and O–H groups in total. The fourth-order valence-corrected chi connectivity index (χ4v) is 3.42. The molecule has 0 aliphatic heterocycles. The Morgan fingerprint density at radius 3 is 3.06 bits per heavy atom. The topological polar surface area (TPSA) is 50.2 Å². The summed E-state index contributed by atoms with van der Waals surface area (Å²) in [7, 11) is 0. The Labute approximate surface area is 99.5 Å². The zero-order valence-electron chi connectivity index (χ0n) is 9.48. The molecule has 1 saturated carbocycles. The van der Waals surface area contributed by atoms with Crippen LogP contribution in [0.5, 0.6) is 0 Å². The third-order valence-electron chi connectivity index (χ3n) is 3.74. The molecular weight excluding hydrogens is 222 g/mol. The smallest absolute Gasteiger partial charge is 0.310 e. The SMILES string of the molecule is CCC1CCC(Cc2cncs2)(C(=O)O)C1. The van der Waals surface area contributed by atoms with E-state index >= 15 is 0 Å². The van der Waals surface area contributed by atoms with Crippen molar-refractivity contribution in [2.45, 2.75) is 39.0 Å². The minimum Gasteiger partial charge on any atom is -0.481 e. The molecule has 0 aromatic carbocycles. The Morgan fingerprint density at radius 1 is 1.75 bits per heavy atom. The van der Waals surface area contributed by atoms with E-state index in [-0.39, 0.29) is 0 Å². The van der Waals surface area contributed by atoms with Crippen molar-refractivity contribution in [1.82, 2.24) is 4.98 Å². The number of carboxylic acids is 1. The second kappa shape index (κ2) is 4.53. The number of nitrogens with zero attached hydrogens (tertiary/aromatic N) is 1. The van der Waals surface area contributed by atoms with Gasteiger partial charge in [0.25, 0.3) is 0 Å². The van der Waals surface area contributed by atoms with E-state index in [1.54, 1.807) is 23.0 Å². The van der Waals surface area contributed by atoms with Crippen LogP contribution in [0.25, 0.3) is 0 Å². The Kier molecular flexibility index (Phi) is 3.28. The molecule has 3 nitrogen and oxygen atoms in total. The third-order valence-corrected chi connectivity index (χ3v) is 4.52. The van der Waals surface area contributed by atoms with Gasteiger partial charge in [-0.25, -0.2) is 0 Å². The predicted octanol–water partition coefficient (Wildman–Crippen LogP) is 2.97. The summed E-state index contributed by atoms with van der Waals surface area (Å²) in [5.41, 5.74) is 1.25. The van der Waals surface area contributed by atoms with Gasteiger partial charge in [-0.3, -0.25) is 9.78 Å². The van der Waals surface area contributed by atoms with Crippen molar-refractivity contribution in [2.75, 3.05) is 0 Å². The number of thiazole rings is 1. The quantitative estimate of drug-likeness (QED) is 0.878. The maximum atomic E-state index is 11.5. The van der Waals surface area contributed by atoms with Crippen molar-refractivity contribution in [3.63, 3.8) is 0 Å². The van der Waals surface area contributed by atoms with Gasteiger partial charge in [-0.15, -0.1) is 11.3 Å². The summed E-state index contributed by atoms with van der Waals surface area (Å²) < 4.78 is 0. The van der Waals surface area contributed by atoms with Crippen LogP contribution in [-0.4, -0.2) is 16.1 Å². The molecule has 16 heavy (non-hydrogen) atoms. The summed E-state index contributed by atoms with van der Waals surface area (Å²) in [6.07, 6.45) is 6.26. The Balaban J connectivity index is 2.14. The first-order chi connectivity index (χ1) is 7.66. The molecule has 1 heterocycles. The van der Waals surface area contributed by atoms with Crippen molar-refractivity contribution in [1.29, 1.82) is 0 Å². The lowest BCUT2D eigenvalue weighted by molar-refractivity contribution is -0.148. The molecule has 1 aliphatic rings. The third kappa shape index (κ3) is 2.12. The molecule has 1 fully saturated rings. The number of rotatable bonds is 4. The lowest BCUT2D eigenvalue weighted by atomic mass is 9.81. The molecule has 0 spiro atoms. The maximum Gasteiger partial charge on any atom is 0.310 e. The van der Waals surface area contributed by atoms with Crippen LogP contribution >= 0.6 is 11.3 Å².